The number of aliphatic hydroxyl groups is 2. The topological polar surface area (TPSA) is 85.2 Å². The predicted molar refractivity (Wildman–Crippen MR) is 134 cm³/mol. The van der Waals surface area contributed by atoms with Crippen LogP contribution in [0.1, 0.15) is 46.2 Å². The SMILES string of the molecule is O=C1OC(O)c2c1cc1ccc(OCc3cccc(C4(O)CCOCC4)c3)cc1c2-c1ccccc1. The predicted octanol–water partition coefficient (Wildman–Crippen LogP) is 5.25. The molecule has 2 N–H and O–H groups in total. The molecule has 2 heterocycles. The lowest BCUT2D eigenvalue weighted by Crippen LogP contribution is -2.33. The zero-order valence-corrected chi connectivity index (χ0v) is 19.6. The largest absolute Gasteiger partial charge is 0.489 e. The quantitative estimate of drug-likeness (QED) is 0.378. The number of hydrogen-bond donors (Lipinski definition) is 2. The number of esters is 1. The average Bonchev–Trinajstić information content (AvgIpc) is 3.19. The molecule has 0 aliphatic carbocycles. The first-order chi connectivity index (χ1) is 17.5. The first-order valence-electron chi connectivity index (χ1n) is 12.1. The van der Waals surface area contributed by atoms with Crippen LogP contribution in [0.3, 0.4) is 0 Å². The maximum Gasteiger partial charge on any atom is 0.341 e. The summed E-state index contributed by atoms with van der Waals surface area (Å²) < 4.78 is 16.7. The molecule has 1 atom stereocenters. The molecule has 2 aliphatic rings. The van der Waals surface area contributed by atoms with Crippen LogP contribution in [0, 0.1) is 0 Å². The number of cyclic esters (lactones) is 1. The summed E-state index contributed by atoms with van der Waals surface area (Å²) >= 11 is 0. The van der Waals surface area contributed by atoms with Crippen molar-refractivity contribution in [2.45, 2.75) is 31.3 Å². The summed E-state index contributed by atoms with van der Waals surface area (Å²) in [5, 5.41) is 23.3. The molecule has 4 aromatic carbocycles. The summed E-state index contributed by atoms with van der Waals surface area (Å²) in [4.78, 5) is 12.4. The third-order valence-corrected chi connectivity index (χ3v) is 7.09. The molecular formula is C30H26O6. The number of aliphatic hydroxyl groups excluding tert-OH is 1. The summed E-state index contributed by atoms with van der Waals surface area (Å²) in [5.41, 5.74) is 3.47. The Morgan fingerprint density at radius 1 is 0.944 bits per heavy atom. The van der Waals surface area contributed by atoms with Gasteiger partial charge in [-0.05, 0) is 57.3 Å². The average molecular weight is 483 g/mol. The van der Waals surface area contributed by atoms with Crippen molar-refractivity contribution in [1.29, 1.82) is 0 Å². The summed E-state index contributed by atoms with van der Waals surface area (Å²) in [6.45, 7) is 1.43. The number of carbonyl (C=O) groups excluding carboxylic acids is 1. The Hall–Kier alpha value is -3.71. The van der Waals surface area contributed by atoms with Gasteiger partial charge in [0.1, 0.15) is 12.4 Å². The van der Waals surface area contributed by atoms with Crippen molar-refractivity contribution in [3.05, 3.63) is 101 Å². The summed E-state index contributed by atoms with van der Waals surface area (Å²) in [7, 11) is 0. The molecule has 1 fully saturated rings. The maximum atomic E-state index is 12.4. The fourth-order valence-corrected chi connectivity index (χ4v) is 5.16. The van der Waals surface area contributed by atoms with Crippen molar-refractivity contribution in [2.24, 2.45) is 0 Å². The number of fused-ring (bicyclic) bond motifs is 2. The van der Waals surface area contributed by atoms with E-state index in [1.165, 1.54) is 0 Å². The highest BCUT2D eigenvalue weighted by Crippen LogP contribution is 2.43. The third-order valence-electron chi connectivity index (χ3n) is 7.09. The Labute approximate surface area is 208 Å². The Kier molecular flexibility index (Phi) is 5.72. The van der Waals surface area contributed by atoms with E-state index in [1.807, 2.05) is 72.8 Å². The molecule has 182 valence electrons. The van der Waals surface area contributed by atoms with Crippen LogP contribution in [0.25, 0.3) is 21.9 Å². The van der Waals surface area contributed by atoms with Crippen molar-refractivity contribution in [3.63, 3.8) is 0 Å². The molecule has 0 amide bonds. The Morgan fingerprint density at radius 2 is 1.75 bits per heavy atom. The molecule has 0 radical (unpaired) electrons. The van der Waals surface area contributed by atoms with E-state index in [0.29, 0.717) is 49.5 Å². The lowest BCUT2D eigenvalue weighted by molar-refractivity contribution is -0.0680. The van der Waals surface area contributed by atoms with Gasteiger partial charge in [0.25, 0.3) is 0 Å². The first kappa shape index (κ1) is 22.7. The summed E-state index contributed by atoms with van der Waals surface area (Å²) in [5.74, 6) is 0.137. The Balaban J connectivity index is 1.35. The van der Waals surface area contributed by atoms with E-state index in [1.54, 1.807) is 6.07 Å². The highest BCUT2D eigenvalue weighted by molar-refractivity contribution is 6.07. The van der Waals surface area contributed by atoms with E-state index in [4.69, 9.17) is 14.2 Å². The van der Waals surface area contributed by atoms with Crippen LogP contribution in [-0.2, 0) is 21.7 Å². The third kappa shape index (κ3) is 4.03. The van der Waals surface area contributed by atoms with Crippen molar-refractivity contribution in [3.8, 4) is 16.9 Å². The maximum absolute atomic E-state index is 12.4. The zero-order valence-electron chi connectivity index (χ0n) is 19.6. The lowest BCUT2D eigenvalue weighted by Gasteiger charge is -2.32. The molecular weight excluding hydrogens is 456 g/mol. The normalized spacial score (nSPS) is 18.6. The van der Waals surface area contributed by atoms with E-state index in [9.17, 15) is 15.0 Å². The van der Waals surface area contributed by atoms with Crippen LogP contribution in [0.5, 0.6) is 5.75 Å². The molecule has 1 unspecified atom stereocenters. The lowest BCUT2D eigenvalue weighted by atomic mass is 9.86. The van der Waals surface area contributed by atoms with Gasteiger partial charge in [0.05, 0.1) is 11.2 Å². The number of hydrogen-bond acceptors (Lipinski definition) is 6. The van der Waals surface area contributed by atoms with Crippen LogP contribution < -0.4 is 4.74 Å². The van der Waals surface area contributed by atoms with Crippen molar-refractivity contribution < 1.29 is 29.2 Å². The number of ether oxygens (including phenoxy) is 3. The van der Waals surface area contributed by atoms with E-state index in [2.05, 4.69) is 0 Å². The molecule has 36 heavy (non-hydrogen) atoms. The second-order valence-corrected chi connectivity index (χ2v) is 9.35. The van der Waals surface area contributed by atoms with E-state index >= 15 is 0 Å². The monoisotopic (exact) mass is 482 g/mol. The smallest absolute Gasteiger partial charge is 0.341 e. The van der Waals surface area contributed by atoms with E-state index < -0.39 is 17.9 Å². The van der Waals surface area contributed by atoms with Gasteiger partial charge in [0.15, 0.2) is 0 Å². The molecule has 0 spiro atoms. The molecule has 1 saturated heterocycles. The number of benzene rings is 4. The van der Waals surface area contributed by atoms with Crippen LogP contribution in [0.15, 0.2) is 78.9 Å². The zero-order chi connectivity index (χ0) is 24.7. The van der Waals surface area contributed by atoms with Gasteiger partial charge >= 0.3 is 5.97 Å². The fourth-order valence-electron chi connectivity index (χ4n) is 5.16. The molecule has 2 aliphatic heterocycles. The van der Waals surface area contributed by atoms with Crippen molar-refractivity contribution >= 4 is 16.7 Å². The Bertz CT molecular complexity index is 1440. The van der Waals surface area contributed by atoms with Crippen LogP contribution in [0.2, 0.25) is 0 Å². The minimum Gasteiger partial charge on any atom is -0.489 e. The molecule has 4 aromatic rings. The molecule has 6 rings (SSSR count). The van der Waals surface area contributed by atoms with Crippen molar-refractivity contribution in [1.82, 2.24) is 0 Å². The molecule has 0 saturated carbocycles. The molecule has 6 heteroatoms. The first-order valence-corrected chi connectivity index (χ1v) is 12.1. The molecule has 0 bridgehead atoms. The van der Waals surface area contributed by atoms with Gasteiger partial charge in [0.2, 0.25) is 6.29 Å². The van der Waals surface area contributed by atoms with Gasteiger partial charge in [-0.3, -0.25) is 0 Å². The summed E-state index contributed by atoms with van der Waals surface area (Å²) in [6.07, 6.45) is -0.158. The van der Waals surface area contributed by atoms with Gasteiger partial charge in [0, 0.05) is 31.6 Å². The summed E-state index contributed by atoms with van der Waals surface area (Å²) in [6, 6.07) is 25.0. The molecule has 0 aromatic heterocycles. The van der Waals surface area contributed by atoms with Gasteiger partial charge < -0.3 is 24.4 Å². The standard InChI is InChI=1S/C30H26O6/c31-28-25-16-21-9-10-23(17-24(21)26(27(25)29(32)36-28)20-6-2-1-3-7-20)35-18-19-5-4-8-22(15-19)30(33)11-13-34-14-12-30/h1-10,15-17,29,32-33H,11-14,18H2. The van der Waals surface area contributed by atoms with Gasteiger partial charge in [-0.2, -0.15) is 0 Å². The van der Waals surface area contributed by atoms with Crippen LogP contribution in [0.4, 0.5) is 0 Å². The van der Waals surface area contributed by atoms with Crippen molar-refractivity contribution in [2.75, 3.05) is 13.2 Å². The Morgan fingerprint density at radius 3 is 2.56 bits per heavy atom. The number of rotatable bonds is 5. The highest BCUT2D eigenvalue weighted by Gasteiger charge is 2.34. The second kappa shape index (κ2) is 9.06. The van der Waals surface area contributed by atoms with Gasteiger partial charge in [-0.1, -0.05) is 54.6 Å². The van der Waals surface area contributed by atoms with Crippen LogP contribution >= 0.6 is 0 Å². The van der Waals surface area contributed by atoms with E-state index in [-0.39, 0.29) is 0 Å². The minimum absolute atomic E-state index is 0.335. The molecule has 6 nitrogen and oxygen atoms in total. The minimum atomic E-state index is -1.31. The van der Waals surface area contributed by atoms with E-state index in [0.717, 1.165) is 33.0 Å². The fraction of sp³-hybridized carbons (Fsp3) is 0.233. The highest BCUT2D eigenvalue weighted by atomic mass is 16.6. The van der Waals surface area contributed by atoms with Crippen LogP contribution in [-0.4, -0.2) is 29.4 Å². The second-order valence-electron chi connectivity index (χ2n) is 9.35. The van der Waals surface area contributed by atoms with Gasteiger partial charge in [-0.15, -0.1) is 0 Å². The van der Waals surface area contributed by atoms with Gasteiger partial charge in [-0.25, -0.2) is 4.79 Å². The number of carbonyl (C=O) groups is 1.